The first-order valence-corrected chi connectivity index (χ1v) is 9.85. The topological polar surface area (TPSA) is 92.5 Å². The van der Waals surface area contributed by atoms with Crippen molar-refractivity contribution in [1.82, 2.24) is 9.62 Å². The first-order valence-electron chi connectivity index (χ1n) is 8.41. The van der Waals surface area contributed by atoms with Crippen LogP contribution in [0.25, 0.3) is 0 Å². The van der Waals surface area contributed by atoms with E-state index in [2.05, 4.69) is 5.32 Å². The zero-order valence-electron chi connectivity index (χ0n) is 14.8. The van der Waals surface area contributed by atoms with Crippen molar-refractivity contribution in [3.05, 3.63) is 29.8 Å². The number of nitrogens with one attached hydrogen (secondary N) is 1. The number of carbonyl (C=O) groups excluding carboxylic acids is 1. The maximum atomic E-state index is 12.6. The molecule has 0 aromatic heterocycles. The predicted molar refractivity (Wildman–Crippen MR) is 101 cm³/mol. The molecule has 0 radical (unpaired) electrons. The van der Waals surface area contributed by atoms with Gasteiger partial charge in [-0.05, 0) is 45.2 Å². The van der Waals surface area contributed by atoms with E-state index in [-0.39, 0.29) is 30.4 Å². The molecule has 142 valence electrons. The van der Waals surface area contributed by atoms with Crippen LogP contribution in [0.5, 0.6) is 0 Å². The Balaban J connectivity index is 0.00000312. The number of nitrogens with zero attached hydrogens (tertiary/aromatic N) is 1. The summed E-state index contributed by atoms with van der Waals surface area (Å²) in [6, 6.07) is 6.95. The molecule has 3 N–H and O–H groups in total. The van der Waals surface area contributed by atoms with Crippen molar-refractivity contribution in [2.24, 2.45) is 5.73 Å². The molecule has 1 atom stereocenters. The third kappa shape index (κ3) is 6.26. The molecule has 0 spiro atoms. The Labute approximate surface area is 156 Å². The van der Waals surface area contributed by atoms with Gasteiger partial charge in [0.1, 0.15) is 0 Å². The molecule has 1 saturated heterocycles. The van der Waals surface area contributed by atoms with Gasteiger partial charge in [0.05, 0.1) is 4.90 Å². The summed E-state index contributed by atoms with van der Waals surface area (Å²) in [4.78, 5) is 12.2. The monoisotopic (exact) mass is 389 g/mol. The van der Waals surface area contributed by atoms with Crippen molar-refractivity contribution in [1.29, 1.82) is 0 Å². The SMILES string of the molecule is Cc1ccc(S(=O)(=O)N2CCC(NC(=O)CCC(C)N)CC2)cc1.Cl. The number of benzene rings is 1. The smallest absolute Gasteiger partial charge is 0.243 e. The number of amides is 1. The van der Waals surface area contributed by atoms with Gasteiger partial charge >= 0.3 is 0 Å². The second-order valence-electron chi connectivity index (χ2n) is 6.57. The quantitative estimate of drug-likeness (QED) is 0.776. The fraction of sp³-hybridized carbons (Fsp3) is 0.588. The number of sulfonamides is 1. The third-order valence-corrected chi connectivity index (χ3v) is 6.22. The lowest BCUT2D eigenvalue weighted by molar-refractivity contribution is -0.122. The number of nitrogens with two attached hydrogens (primary N) is 1. The number of halogens is 1. The highest BCUT2D eigenvalue weighted by Gasteiger charge is 2.29. The van der Waals surface area contributed by atoms with Gasteiger partial charge in [-0.25, -0.2) is 8.42 Å². The first kappa shape index (κ1) is 21.9. The molecule has 25 heavy (non-hydrogen) atoms. The molecule has 1 aliphatic heterocycles. The van der Waals surface area contributed by atoms with Crippen molar-refractivity contribution in [3.63, 3.8) is 0 Å². The Morgan fingerprint density at radius 2 is 1.84 bits per heavy atom. The van der Waals surface area contributed by atoms with Crippen molar-refractivity contribution in [2.75, 3.05) is 13.1 Å². The van der Waals surface area contributed by atoms with Crippen LogP contribution in [0, 0.1) is 6.92 Å². The van der Waals surface area contributed by atoms with E-state index in [0.717, 1.165) is 5.56 Å². The lowest BCUT2D eigenvalue weighted by Crippen LogP contribution is -2.46. The van der Waals surface area contributed by atoms with E-state index in [1.165, 1.54) is 4.31 Å². The van der Waals surface area contributed by atoms with Crippen molar-refractivity contribution in [2.45, 2.75) is 56.5 Å². The molecule has 0 aliphatic carbocycles. The summed E-state index contributed by atoms with van der Waals surface area (Å²) in [5.74, 6) is -0.00728. The van der Waals surface area contributed by atoms with Crippen LogP contribution in [-0.2, 0) is 14.8 Å². The van der Waals surface area contributed by atoms with E-state index in [1.54, 1.807) is 24.3 Å². The molecule has 1 aromatic rings. The largest absolute Gasteiger partial charge is 0.353 e. The maximum absolute atomic E-state index is 12.6. The highest BCUT2D eigenvalue weighted by molar-refractivity contribution is 7.89. The van der Waals surface area contributed by atoms with Gasteiger partial charge in [0.25, 0.3) is 0 Å². The second kappa shape index (κ2) is 9.52. The number of hydrogen-bond donors (Lipinski definition) is 2. The zero-order valence-corrected chi connectivity index (χ0v) is 16.4. The van der Waals surface area contributed by atoms with Crippen LogP contribution >= 0.6 is 12.4 Å². The molecule has 1 amide bonds. The second-order valence-corrected chi connectivity index (χ2v) is 8.51. The van der Waals surface area contributed by atoms with Gasteiger partial charge in [-0.1, -0.05) is 17.7 Å². The Hall–Kier alpha value is -1.15. The number of hydrogen-bond acceptors (Lipinski definition) is 4. The van der Waals surface area contributed by atoms with E-state index in [0.29, 0.717) is 43.7 Å². The summed E-state index contributed by atoms with van der Waals surface area (Å²) in [5.41, 5.74) is 6.68. The van der Waals surface area contributed by atoms with Gasteiger partial charge in [-0.2, -0.15) is 4.31 Å². The number of aryl methyl sites for hydroxylation is 1. The van der Waals surface area contributed by atoms with Gasteiger partial charge in [0.15, 0.2) is 0 Å². The zero-order chi connectivity index (χ0) is 17.7. The maximum Gasteiger partial charge on any atom is 0.243 e. The molecule has 1 unspecified atom stereocenters. The minimum absolute atomic E-state index is 0. The van der Waals surface area contributed by atoms with Gasteiger partial charge in [0.2, 0.25) is 15.9 Å². The molecule has 2 rings (SSSR count). The Morgan fingerprint density at radius 1 is 1.28 bits per heavy atom. The summed E-state index contributed by atoms with van der Waals surface area (Å²) < 4.78 is 26.8. The van der Waals surface area contributed by atoms with E-state index < -0.39 is 10.0 Å². The molecule has 1 heterocycles. The van der Waals surface area contributed by atoms with Crippen LogP contribution in [0.1, 0.15) is 38.2 Å². The van der Waals surface area contributed by atoms with E-state index >= 15 is 0 Å². The highest BCUT2D eigenvalue weighted by Crippen LogP contribution is 2.21. The molecule has 1 fully saturated rings. The summed E-state index contributed by atoms with van der Waals surface area (Å²) in [5, 5.41) is 2.98. The Morgan fingerprint density at radius 3 is 2.36 bits per heavy atom. The van der Waals surface area contributed by atoms with Gasteiger partial charge in [0, 0.05) is 31.6 Å². The summed E-state index contributed by atoms with van der Waals surface area (Å²) >= 11 is 0. The normalized spacial score (nSPS) is 17.6. The molecule has 6 nitrogen and oxygen atoms in total. The average Bonchev–Trinajstić information content (AvgIpc) is 2.54. The summed E-state index contributed by atoms with van der Waals surface area (Å²) in [7, 11) is -3.45. The van der Waals surface area contributed by atoms with Crippen LogP contribution in [0.15, 0.2) is 29.2 Å². The molecule has 8 heteroatoms. The molecule has 0 saturated carbocycles. The molecule has 1 aromatic carbocycles. The average molecular weight is 390 g/mol. The van der Waals surface area contributed by atoms with Crippen LogP contribution in [0.3, 0.4) is 0 Å². The minimum Gasteiger partial charge on any atom is -0.353 e. The van der Waals surface area contributed by atoms with E-state index in [9.17, 15) is 13.2 Å². The lowest BCUT2D eigenvalue weighted by Gasteiger charge is -2.31. The van der Waals surface area contributed by atoms with Crippen LogP contribution in [-0.4, -0.2) is 43.8 Å². The number of carbonyl (C=O) groups is 1. The van der Waals surface area contributed by atoms with E-state index in [1.807, 2.05) is 13.8 Å². The predicted octanol–water partition coefficient (Wildman–Crippen LogP) is 1.81. The summed E-state index contributed by atoms with van der Waals surface area (Å²) in [6.45, 7) is 4.65. The van der Waals surface area contributed by atoms with Gasteiger partial charge < -0.3 is 11.1 Å². The van der Waals surface area contributed by atoms with Crippen molar-refractivity contribution >= 4 is 28.3 Å². The number of piperidine rings is 1. The fourth-order valence-corrected chi connectivity index (χ4v) is 4.23. The van der Waals surface area contributed by atoms with Gasteiger partial charge in [-0.3, -0.25) is 4.79 Å². The molecular formula is C17H28ClN3O3S. The van der Waals surface area contributed by atoms with Crippen molar-refractivity contribution in [3.8, 4) is 0 Å². The highest BCUT2D eigenvalue weighted by atomic mass is 35.5. The van der Waals surface area contributed by atoms with Crippen LogP contribution in [0.2, 0.25) is 0 Å². The standard InChI is InChI=1S/C17H27N3O3S.ClH/c1-13-3-6-16(7-4-13)24(22,23)20-11-9-15(10-12-20)19-17(21)8-5-14(2)18;/h3-4,6-7,14-15H,5,8-12,18H2,1-2H3,(H,19,21);1H. The minimum atomic E-state index is -3.45. The molecule has 0 bridgehead atoms. The van der Waals surface area contributed by atoms with E-state index in [4.69, 9.17) is 5.73 Å². The van der Waals surface area contributed by atoms with Crippen LogP contribution < -0.4 is 11.1 Å². The number of rotatable bonds is 6. The van der Waals surface area contributed by atoms with Crippen LogP contribution in [0.4, 0.5) is 0 Å². The molecule has 1 aliphatic rings. The Bertz CT molecular complexity index is 654. The lowest BCUT2D eigenvalue weighted by atomic mass is 10.1. The Kier molecular flexibility index (Phi) is 8.34. The summed E-state index contributed by atoms with van der Waals surface area (Å²) in [6.07, 6.45) is 2.34. The third-order valence-electron chi connectivity index (χ3n) is 4.30. The fourth-order valence-electron chi connectivity index (χ4n) is 2.76. The molecular weight excluding hydrogens is 362 g/mol. The van der Waals surface area contributed by atoms with Gasteiger partial charge in [-0.15, -0.1) is 12.4 Å². The van der Waals surface area contributed by atoms with Crippen molar-refractivity contribution < 1.29 is 13.2 Å². The first-order chi connectivity index (χ1) is 11.3.